The Balaban J connectivity index is 2.44. The molecule has 1 aliphatic rings. The van der Waals surface area contributed by atoms with Gasteiger partial charge in [-0.2, -0.15) is 5.26 Å². The second-order valence-electron chi connectivity index (χ2n) is 8.11. The zero-order chi connectivity index (χ0) is 28.0. The average Bonchev–Trinajstić information content (AvgIpc) is 2.92. The number of esters is 2. The number of aliphatic hydroxyl groups is 1. The van der Waals surface area contributed by atoms with Crippen molar-refractivity contribution in [3.05, 3.63) is 76.8 Å². The van der Waals surface area contributed by atoms with Gasteiger partial charge in [0.2, 0.25) is 0 Å². The molecule has 2 aromatic rings. The molecule has 2 aromatic carbocycles. The molecule has 0 aliphatic carbocycles. The second kappa shape index (κ2) is 11.9. The van der Waals surface area contributed by atoms with Gasteiger partial charge < -0.3 is 30.4 Å². The number of carbonyl (C=O) groups excluding carboxylic acids is 3. The number of aliphatic hydroxyl groups excluding tert-OH is 1. The molecule has 11 heteroatoms. The third-order valence-electron chi connectivity index (χ3n) is 5.77. The number of rotatable bonds is 8. The standard InChI is InChI=1S/C27H28N4O7/c1-5-38-17-11-12-19(30-25(33)15(2)32)20(13-17)31-23(27(35)37-4)22(26(34)36-3)21(18(14-28)24(31)29)16-9-7-6-8-10-16/h6-13,15,21,32H,5,29H2,1-4H3,(H,30,33). The van der Waals surface area contributed by atoms with Gasteiger partial charge in [-0.05, 0) is 31.5 Å². The van der Waals surface area contributed by atoms with Crippen LogP contribution in [0.2, 0.25) is 0 Å². The first kappa shape index (κ1) is 27.8. The van der Waals surface area contributed by atoms with Crippen LogP contribution in [0.15, 0.2) is 71.2 Å². The smallest absolute Gasteiger partial charge is 0.355 e. The van der Waals surface area contributed by atoms with E-state index in [1.54, 1.807) is 43.3 Å². The fourth-order valence-electron chi connectivity index (χ4n) is 4.06. The van der Waals surface area contributed by atoms with Gasteiger partial charge in [-0.3, -0.25) is 9.69 Å². The lowest BCUT2D eigenvalue weighted by atomic mass is 9.81. The minimum Gasteiger partial charge on any atom is -0.494 e. The highest BCUT2D eigenvalue weighted by atomic mass is 16.5. The van der Waals surface area contributed by atoms with E-state index in [-0.39, 0.29) is 34.0 Å². The van der Waals surface area contributed by atoms with E-state index >= 15 is 0 Å². The Hall–Kier alpha value is -4.82. The molecule has 38 heavy (non-hydrogen) atoms. The van der Waals surface area contributed by atoms with Gasteiger partial charge in [0.05, 0.1) is 55.3 Å². The van der Waals surface area contributed by atoms with Gasteiger partial charge in [-0.15, -0.1) is 0 Å². The van der Waals surface area contributed by atoms with E-state index in [1.165, 1.54) is 19.1 Å². The zero-order valence-electron chi connectivity index (χ0n) is 21.3. The summed E-state index contributed by atoms with van der Waals surface area (Å²) in [5.41, 5.74) is 6.72. The maximum atomic E-state index is 13.3. The molecule has 0 saturated carbocycles. The lowest BCUT2D eigenvalue weighted by Gasteiger charge is -2.36. The number of ether oxygens (including phenoxy) is 3. The number of anilines is 2. The lowest BCUT2D eigenvalue weighted by Crippen LogP contribution is -2.41. The van der Waals surface area contributed by atoms with Gasteiger partial charge in [0.15, 0.2) is 0 Å². The number of hydrogen-bond acceptors (Lipinski definition) is 10. The largest absolute Gasteiger partial charge is 0.494 e. The highest BCUT2D eigenvalue weighted by Crippen LogP contribution is 2.45. The number of nitrogens with one attached hydrogen (secondary N) is 1. The number of benzene rings is 2. The summed E-state index contributed by atoms with van der Waals surface area (Å²) in [6.07, 6.45) is -1.36. The molecule has 1 amide bonds. The van der Waals surface area contributed by atoms with E-state index < -0.39 is 29.9 Å². The van der Waals surface area contributed by atoms with Crippen molar-refractivity contribution in [2.75, 3.05) is 31.0 Å². The van der Waals surface area contributed by atoms with E-state index in [0.717, 1.165) is 19.1 Å². The molecule has 1 aliphatic heterocycles. The van der Waals surface area contributed by atoms with Crippen molar-refractivity contribution in [1.82, 2.24) is 0 Å². The predicted octanol–water partition coefficient (Wildman–Crippen LogP) is 2.30. The molecule has 0 fully saturated rings. The molecule has 2 atom stereocenters. The van der Waals surface area contributed by atoms with Crippen molar-refractivity contribution >= 4 is 29.2 Å². The molecular weight excluding hydrogens is 492 g/mol. The minimum atomic E-state index is -1.36. The predicted molar refractivity (Wildman–Crippen MR) is 137 cm³/mol. The summed E-state index contributed by atoms with van der Waals surface area (Å²) in [4.78, 5) is 40.1. The van der Waals surface area contributed by atoms with E-state index in [0.29, 0.717) is 17.9 Å². The number of nitrogens with two attached hydrogens (primary N) is 1. The van der Waals surface area contributed by atoms with Crippen molar-refractivity contribution in [1.29, 1.82) is 5.26 Å². The van der Waals surface area contributed by atoms with Crippen molar-refractivity contribution in [2.45, 2.75) is 25.9 Å². The van der Waals surface area contributed by atoms with E-state index in [1.807, 2.05) is 0 Å². The Labute approximate surface area is 219 Å². The van der Waals surface area contributed by atoms with Gasteiger partial charge >= 0.3 is 11.9 Å². The Kier molecular flexibility index (Phi) is 8.73. The molecular formula is C27H28N4O7. The molecule has 3 rings (SSSR count). The zero-order valence-corrected chi connectivity index (χ0v) is 21.3. The van der Waals surface area contributed by atoms with Gasteiger partial charge in [0.1, 0.15) is 23.4 Å². The fourth-order valence-corrected chi connectivity index (χ4v) is 4.06. The molecule has 198 valence electrons. The van der Waals surface area contributed by atoms with E-state index in [2.05, 4.69) is 11.4 Å². The van der Waals surface area contributed by atoms with Crippen molar-refractivity contribution in [3.63, 3.8) is 0 Å². The number of allylic oxidation sites excluding steroid dienone is 1. The summed E-state index contributed by atoms with van der Waals surface area (Å²) < 4.78 is 15.7. The van der Waals surface area contributed by atoms with Crippen LogP contribution in [0.3, 0.4) is 0 Å². The average molecular weight is 521 g/mol. The first-order valence-corrected chi connectivity index (χ1v) is 11.6. The summed E-state index contributed by atoms with van der Waals surface area (Å²) in [5, 5.41) is 22.5. The Morgan fingerprint density at radius 3 is 2.34 bits per heavy atom. The van der Waals surface area contributed by atoms with Gasteiger partial charge in [-0.25, -0.2) is 9.59 Å². The topological polar surface area (TPSA) is 164 Å². The third-order valence-corrected chi connectivity index (χ3v) is 5.77. The molecule has 0 radical (unpaired) electrons. The summed E-state index contributed by atoms with van der Waals surface area (Å²) in [6.45, 7) is 3.36. The van der Waals surface area contributed by atoms with Crippen molar-refractivity contribution in [3.8, 4) is 11.8 Å². The number of amides is 1. The summed E-state index contributed by atoms with van der Waals surface area (Å²) in [7, 11) is 2.28. The van der Waals surface area contributed by atoms with Crippen LogP contribution >= 0.6 is 0 Å². The summed E-state index contributed by atoms with van der Waals surface area (Å²) in [5.74, 6) is -3.46. The third kappa shape index (κ3) is 5.30. The highest BCUT2D eigenvalue weighted by molar-refractivity contribution is 6.08. The SMILES string of the molecule is CCOc1ccc(NC(=O)C(C)O)c(N2C(N)=C(C#N)C(c3ccccc3)C(C(=O)OC)=C2C(=O)OC)c1. The van der Waals surface area contributed by atoms with Crippen molar-refractivity contribution in [2.24, 2.45) is 5.73 Å². The number of nitriles is 1. The number of nitrogens with zero attached hydrogens (tertiary/aromatic N) is 2. The molecule has 11 nitrogen and oxygen atoms in total. The molecule has 0 spiro atoms. The van der Waals surface area contributed by atoms with Crippen LogP contribution in [0.25, 0.3) is 0 Å². The summed E-state index contributed by atoms with van der Waals surface area (Å²) >= 11 is 0. The Morgan fingerprint density at radius 2 is 1.79 bits per heavy atom. The maximum Gasteiger partial charge on any atom is 0.355 e. The van der Waals surface area contributed by atoms with Crippen LogP contribution in [0.5, 0.6) is 5.75 Å². The van der Waals surface area contributed by atoms with Crippen LogP contribution in [0.4, 0.5) is 11.4 Å². The molecule has 1 heterocycles. The van der Waals surface area contributed by atoms with Crippen LogP contribution < -0.4 is 20.7 Å². The van der Waals surface area contributed by atoms with Crippen LogP contribution in [-0.2, 0) is 23.9 Å². The highest BCUT2D eigenvalue weighted by Gasteiger charge is 2.43. The first-order valence-electron chi connectivity index (χ1n) is 11.6. The van der Waals surface area contributed by atoms with Crippen LogP contribution in [0.1, 0.15) is 25.3 Å². The Morgan fingerprint density at radius 1 is 1.13 bits per heavy atom. The van der Waals surface area contributed by atoms with E-state index in [9.17, 15) is 24.8 Å². The molecule has 4 N–H and O–H groups in total. The maximum absolute atomic E-state index is 13.3. The van der Waals surface area contributed by atoms with E-state index in [4.69, 9.17) is 19.9 Å². The number of carbonyl (C=O) groups is 3. The molecule has 0 saturated heterocycles. The van der Waals surface area contributed by atoms with Crippen molar-refractivity contribution < 1.29 is 33.7 Å². The lowest BCUT2D eigenvalue weighted by molar-refractivity contribution is -0.139. The van der Waals surface area contributed by atoms with Gasteiger partial charge in [0.25, 0.3) is 5.91 Å². The van der Waals surface area contributed by atoms with Gasteiger partial charge in [0, 0.05) is 6.07 Å². The van der Waals surface area contributed by atoms with Crippen LogP contribution in [-0.4, -0.2) is 49.9 Å². The normalized spacial score (nSPS) is 15.9. The monoisotopic (exact) mass is 520 g/mol. The Bertz CT molecular complexity index is 1340. The molecule has 2 unspecified atom stereocenters. The quantitative estimate of drug-likeness (QED) is 0.440. The number of hydrogen-bond donors (Lipinski definition) is 3. The van der Waals surface area contributed by atoms with Gasteiger partial charge in [-0.1, -0.05) is 30.3 Å². The number of methoxy groups -OCH3 is 2. The van der Waals surface area contributed by atoms with Crippen LogP contribution in [0, 0.1) is 11.3 Å². The molecule has 0 bridgehead atoms. The fraction of sp³-hybridized carbons (Fsp3) is 0.259. The minimum absolute atomic E-state index is 0.0427. The first-order chi connectivity index (χ1) is 18.2. The second-order valence-corrected chi connectivity index (χ2v) is 8.11. The molecule has 0 aromatic heterocycles. The summed E-state index contributed by atoms with van der Waals surface area (Å²) in [6, 6.07) is 15.2.